The van der Waals surface area contributed by atoms with Crippen LogP contribution in [0.2, 0.25) is 0 Å². The van der Waals surface area contributed by atoms with Crippen LogP contribution in [0.25, 0.3) is 0 Å². The van der Waals surface area contributed by atoms with Gasteiger partial charge in [-0.25, -0.2) is 0 Å². The SMILES string of the molecule is COc1cc(CNC[C@H](O)c2ccccc2)ccc1OCc1cccc(C)c1. The zero-order chi connectivity index (χ0) is 19.8. The van der Waals surface area contributed by atoms with E-state index in [0.29, 0.717) is 25.4 Å². The summed E-state index contributed by atoms with van der Waals surface area (Å²) in [7, 11) is 1.64. The minimum atomic E-state index is -0.528. The average Bonchev–Trinajstić information content (AvgIpc) is 2.73. The molecule has 0 spiro atoms. The maximum absolute atomic E-state index is 10.2. The second kappa shape index (κ2) is 9.93. The Morgan fingerprint density at radius 3 is 2.46 bits per heavy atom. The Morgan fingerprint density at radius 2 is 1.71 bits per heavy atom. The third kappa shape index (κ3) is 5.59. The van der Waals surface area contributed by atoms with Gasteiger partial charge in [0.05, 0.1) is 13.2 Å². The number of benzene rings is 3. The normalized spacial score (nSPS) is 11.8. The second-order valence-corrected chi connectivity index (χ2v) is 6.82. The summed E-state index contributed by atoms with van der Waals surface area (Å²) in [4.78, 5) is 0. The van der Waals surface area contributed by atoms with Crippen LogP contribution < -0.4 is 14.8 Å². The number of ether oxygens (including phenoxy) is 2. The maximum atomic E-state index is 10.2. The zero-order valence-corrected chi connectivity index (χ0v) is 16.4. The molecule has 4 heteroatoms. The Labute approximate surface area is 166 Å². The first kappa shape index (κ1) is 19.9. The van der Waals surface area contributed by atoms with Crippen molar-refractivity contribution in [2.24, 2.45) is 0 Å². The van der Waals surface area contributed by atoms with Gasteiger partial charge in [0, 0.05) is 13.1 Å². The molecule has 0 aliphatic rings. The number of hydrogen-bond acceptors (Lipinski definition) is 4. The van der Waals surface area contributed by atoms with Crippen molar-refractivity contribution in [1.29, 1.82) is 0 Å². The highest BCUT2D eigenvalue weighted by molar-refractivity contribution is 5.43. The quantitative estimate of drug-likeness (QED) is 0.580. The third-order valence-electron chi connectivity index (χ3n) is 4.56. The number of hydrogen-bond donors (Lipinski definition) is 2. The fourth-order valence-electron chi connectivity index (χ4n) is 3.05. The first-order valence-electron chi connectivity index (χ1n) is 9.44. The van der Waals surface area contributed by atoms with Crippen molar-refractivity contribution in [2.75, 3.05) is 13.7 Å². The molecule has 0 unspecified atom stereocenters. The molecule has 0 saturated heterocycles. The first-order chi connectivity index (χ1) is 13.7. The van der Waals surface area contributed by atoms with Gasteiger partial charge in [-0.05, 0) is 35.7 Å². The molecule has 0 aliphatic heterocycles. The number of aliphatic hydroxyl groups is 1. The van der Waals surface area contributed by atoms with E-state index in [0.717, 1.165) is 22.4 Å². The molecule has 0 heterocycles. The van der Waals surface area contributed by atoms with Gasteiger partial charge in [-0.3, -0.25) is 0 Å². The van der Waals surface area contributed by atoms with Crippen LogP contribution in [0.4, 0.5) is 0 Å². The van der Waals surface area contributed by atoms with E-state index in [9.17, 15) is 5.11 Å². The maximum Gasteiger partial charge on any atom is 0.161 e. The van der Waals surface area contributed by atoms with E-state index in [-0.39, 0.29) is 0 Å². The van der Waals surface area contributed by atoms with Crippen molar-refractivity contribution in [3.8, 4) is 11.5 Å². The van der Waals surface area contributed by atoms with E-state index < -0.39 is 6.10 Å². The summed E-state index contributed by atoms with van der Waals surface area (Å²) in [5.41, 5.74) is 4.32. The average molecular weight is 377 g/mol. The Bertz CT molecular complexity index is 880. The van der Waals surface area contributed by atoms with E-state index in [1.165, 1.54) is 5.56 Å². The van der Waals surface area contributed by atoms with E-state index in [1.807, 2.05) is 54.6 Å². The van der Waals surface area contributed by atoms with Crippen molar-refractivity contribution in [3.05, 3.63) is 95.1 Å². The van der Waals surface area contributed by atoms with Crippen LogP contribution in [0.1, 0.15) is 28.4 Å². The topological polar surface area (TPSA) is 50.7 Å². The summed E-state index contributed by atoms with van der Waals surface area (Å²) in [6, 6.07) is 23.8. The van der Waals surface area contributed by atoms with Crippen LogP contribution in [-0.4, -0.2) is 18.8 Å². The molecule has 0 fully saturated rings. The minimum absolute atomic E-state index is 0.484. The summed E-state index contributed by atoms with van der Waals surface area (Å²) in [6.45, 7) is 3.69. The number of aliphatic hydroxyl groups excluding tert-OH is 1. The fourth-order valence-corrected chi connectivity index (χ4v) is 3.05. The monoisotopic (exact) mass is 377 g/mol. The Kier molecular flexibility index (Phi) is 7.06. The molecule has 1 atom stereocenters. The standard InChI is InChI=1S/C24H27NO3/c1-18-7-6-8-20(13-18)17-28-23-12-11-19(14-24(23)27-2)15-25-16-22(26)21-9-4-3-5-10-21/h3-14,22,25-26H,15-17H2,1-2H3/t22-/m0/s1. The summed E-state index contributed by atoms with van der Waals surface area (Å²) in [5, 5.41) is 13.5. The number of aryl methyl sites for hydroxylation is 1. The van der Waals surface area contributed by atoms with Crippen molar-refractivity contribution in [2.45, 2.75) is 26.2 Å². The molecule has 0 aliphatic carbocycles. The van der Waals surface area contributed by atoms with Crippen LogP contribution in [0.15, 0.2) is 72.8 Å². The second-order valence-electron chi connectivity index (χ2n) is 6.82. The van der Waals surface area contributed by atoms with Gasteiger partial charge in [-0.15, -0.1) is 0 Å². The van der Waals surface area contributed by atoms with E-state index in [1.54, 1.807) is 7.11 Å². The van der Waals surface area contributed by atoms with Crippen LogP contribution in [0.5, 0.6) is 11.5 Å². The Hall–Kier alpha value is -2.82. The predicted molar refractivity (Wildman–Crippen MR) is 112 cm³/mol. The lowest BCUT2D eigenvalue weighted by Crippen LogP contribution is -2.21. The van der Waals surface area contributed by atoms with Gasteiger partial charge in [0.1, 0.15) is 6.61 Å². The zero-order valence-electron chi connectivity index (χ0n) is 16.4. The predicted octanol–water partition coefficient (Wildman–Crippen LogP) is 4.41. The van der Waals surface area contributed by atoms with E-state index in [2.05, 4.69) is 30.4 Å². The number of nitrogens with one attached hydrogen (secondary N) is 1. The molecule has 3 aromatic rings. The molecule has 146 valence electrons. The van der Waals surface area contributed by atoms with Crippen molar-refractivity contribution < 1.29 is 14.6 Å². The molecule has 4 nitrogen and oxygen atoms in total. The lowest BCUT2D eigenvalue weighted by molar-refractivity contribution is 0.174. The van der Waals surface area contributed by atoms with E-state index >= 15 is 0 Å². The van der Waals surface area contributed by atoms with E-state index in [4.69, 9.17) is 9.47 Å². The Morgan fingerprint density at radius 1 is 0.893 bits per heavy atom. The molecule has 0 radical (unpaired) electrons. The van der Waals surface area contributed by atoms with Gasteiger partial charge >= 0.3 is 0 Å². The third-order valence-corrected chi connectivity index (χ3v) is 4.56. The highest BCUT2D eigenvalue weighted by Crippen LogP contribution is 2.29. The van der Waals surface area contributed by atoms with Crippen molar-refractivity contribution in [3.63, 3.8) is 0 Å². The molecule has 0 aromatic heterocycles. The molecular weight excluding hydrogens is 350 g/mol. The molecule has 0 bridgehead atoms. The summed E-state index contributed by atoms with van der Waals surface area (Å²) < 4.78 is 11.4. The number of methoxy groups -OCH3 is 1. The van der Waals surface area contributed by atoms with Gasteiger partial charge in [-0.1, -0.05) is 66.2 Å². The van der Waals surface area contributed by atoms with Crippen LogP contribution in [-0.2, 0) is 13.2 Å². The lowest BCUT2D eigenvalue weighted by Gasteiger charge is -2.14. The lowest BCUT2D eigenvalue weighted by atomic mass is 10.1. The van der Waals surface area contributed by atoms with Crippen LogP contribution in [0.3, 0.4) is 0 Å². The summed E-state index contributed by atoms with van der Waals surface area (Å²) >= 11 is 0. The van der Waals surface area contributed by atoms with Gasteiger partial charge in [0.25, 0.3) is 0 Å². The van der Waals surface area contributed by atoms with Crippen LogP contribution in [0, 0.1) is 6.92 Å². The van der Waals surface area contributed by atoms with Gasteiger partial charge in [0.2, 0.25) is 0 Å². The summed E-state index contributed by atoms with van der Waals surface area (Å²) in [5.74, 6) is 1.42. The molecule has 3 rings (SSSR count). The smallest absolute Gasteiger partial charge is 0.161 e. The van der Waals surface area contributed by atoms with Crippen LogP contribution >= 0.6 is 0 Å². The molecule has 3 aromatic carbocycles. The highest BCUT2D eigenvalue weighted by Gasteiger charge is 2.09. The van der Waals surface area contributed by atoms with Crippen molar-refractivity contribution >= 4 is 0 Å². The fraction of sp³-hybridized carbons (Fsp3) is 0.250. The molecule has 2 N–H and O–H groups in total. The molecular formula is C24H27NO3. The summed E-state index contributed by atoms with van der Waals surface area (Å²) in [6.07, 6.45) is -0.528. The van der Waals surface area contributed by atoms with Gasteiger partial charge in [0.15, 0.2) is 11.5 Å². The van der Waals surface area contributed by atoms with Gasteiger partial charge < -0.3 is 19.9 Å². The first-order valence-corrected chi connectivity index (χ1v) is 9.44. The molecule has 28 heavy (non-hydrogen) atoms. The number of rotatable bonds is 9. The highest BCUT2D eigenvalue weighted by atomic mass is 16.5. The Balaban J connectivity index is 1.55. The molecule has 0 saturated carbocycles. The van der Waals surface area contributed by atoms with Gasteiger partial charge in [-0.2, -0.15) is 0 Å². The minimum Gasteiger partial charge on any atom is -0.493 e. The van der Waals surface area contributed by atoms with Crippen molar-refractivity contribution in [1.82, 2.24) is 5.32 Å². The largest absolute Gasteiger partial charge is 0.493 e. The molecule has 0 amide bonds.